The molecule has 1 saturated heterocycles. The largest absolute Gasteiger partial charge is 0.338 e. The quantitative estimate of drug-likeness (QED) is 0.865. The van der Waals surface area contributed by atoms with Gasteiger partial charge in [0.1, 0.15) is 5.69 Å². The van der Waals surface area contributed by atoms with E-state index in [0.717, 1.165) is 12.0 Å². The van der Waals surface area contributed by atoms with Gasteiger partial charge in [0.15, 0.2) is 0 Å². The van der Waals surface area contributed by atoms with Crippen molar-refractivity contribution in [2.24, 2.45) is 18.2 Å². The zero-order valence-electron chi connectivity index (χ0n) is 14.7. The molecule has 5 nitrogen and oxygen atoms in total. The number of piperidine rings is 1. The molecule has 136 valence electrons. The van der Waals surface area contributed by atoms with E-state index in [1.54, 1.807) is 10.9 Å². The fourth-order valence-corrected chi connectivity index (χ4v) is 3.44. The highest BCUT2D eigenvalue weighted by Gasteiger charge is 2.36. The lowest BCUT2D eigenvalue weighted by Gasteiger charge is -2.42. The third-order valence-corrected chi connectivity index (χ3v) is 5.12. The average molecular weight is 383 g/mol. The van der Waals surface area contributed by atoms with Crippen LogP contribution in [0.4, 0.5) is 0 Å². The predicted octanol–water partition coefficient (Wildman–Crippen LogP) is 3.36. The molecule has 1 aromatic heterocycles. The SMILES string of the molecule is Cl.Cn1cc(C(=O)N2CCC(N)C(C)(C)C2)c(-c2ccccc2Cl)n1. The highest BCUT2D eigenvalue weighted by molar-refractivity contribution is 6.33. The Morgan fingerprint density at radius 1 is 1.36 bits per heavy atom. The molecular formula is C18H24Cl2N4O. The zero-order chi connectivity index (χ0) is 17.5. The van der Waals surface area contributed by atoms with Gasteiger partial charge in [-0.05, 0) is 17.9 Å². The van der Waals surface area contributed by atoms with Crippen LogP contribution in [0.25, 0.3) is 11.3 Å². The van der Waals surface area contributed by atoms with Crippen molar-refractivity contribution >= 4 is 29.9 Å². The molecule has 1 aromatic carbocycles. The van der Waals surface area contributed by atoms with Gasteiger partial charge in [-0.15, -0.1) is 12.4 Å². The van der Waals surface area contributed by atoms with Gasteiger partial charge in [0, 0.05) is 37.9 Å². The van der Waals surface area contributed by atoms with Gasteiger partial charge in [0.25, 0.3) is 5.91 Å². The van der Waals surface area contributed by atoms with Gasteiger partial charge in [-0.25, -0.2) is 0 Å². The second kappa shape index (κ2) is 7.36. The number of halogens is 2. The Morgan fingerprint density at radius 3 is 2.68 bits per heavy atom. The van der Waals surface area contributed by atoms with E-state index in [0.29, 0.717) is 29.4 Å². The van der Waals surface area contributed by atoms with Crippen LogP contribution in [0.2, 0.25) is 5.02 Å². The van der Waals surface area contributed by atoms with E-state index in [1.807, 2.05) is 36.2 Å². The maximum atomic E-state index is 13.1. The second-order valence-corrected chi connectivity index (χ2v) is 7.56. The predicted molar refractivity (Wildman–Crippen MR) is 103 cm³/mol. The Kier molecular flexibility index (Phi) is 5.82. The first-order chi connectivity index (χ1) is 11.3. The summed E-state index contributed by atoms with van der Waals surface area (Å²) < 4.78 is 1.66. The van der Waals surface area contributed by atoms with Crippen LogP contribution in [0.3, 0.4) is 0 Å². The molecule has 2 N–H and O–H groups in total. The lowest BCUT2D eigenvalue weighted by atomic mass is 9.79. The van der Waals surface area contributed by atoms with Crippen molar-refractivity contribution in [1.29, 1.82) is 0 Å². The first-order valence-corrected chi connectivity index (χ1v) is 8.51. The van der Waals surface area contributed by atoms with Gasteiger partial charge >= 0.3 is 0 Å². The van der Waals surface area contributed by atoms with Gasteiger partial charge in [-0.3, -0.25) is 9.48 Å². The molecule has 0 spiro atoms. The third-order valence-electron chi connectivity index (χ3n) is 4.79. The maximum absolute atomic E-state index is 13.1. The number of hydrogen-bond donors (Lipinski definition) is 1. The molecule has 1 atom stereocenters. The Labute approximate surface area is 159 Å². The van der Waals surface area contributed by atoms with Crippen LogP contribution in [0.5, 0.6) is 0 Å². The maximum Gasteiger partial charge on any atom is 0.257 e. The molecule has 1 aliphatic rings. The fraction of sp³-hybridized carbons (Fsp3) is 0.444. The molecule has 0 radical (unpaired) electrons. The van der Waals surface area contributed by atoms with Crippen molar-refractivity contribution in [3.8, 4) is 11.3 Å². The molecule has 25 heavy (non-hydrogen) atoms. The van der Waals surface area contributed by atoms with Crippen LogP contribution in [0.15, 0.2) is 30.5 Å². The van der Waals surface area contributed by atoms with E-state index in [2.05, 4.69) is 18.9 Å². The summed E-state index contributed by atoms with van der Waals surface area (Å²) in [4.78, 5) is 15.0. The highest BCUT2D eigenvalue weighted by Crippen LogP contribution is 2.32. The first kappa shape index (κ1) is 19.8. The Balaban J connectivity index is 0.00000225. The lowest BCUT2D eigenvalue weighted by molar-refractivity contribution is 0.0533. The van der Waals surface area contributed by atoms with E-state index in [-0.39, 0.29) is 29.8 Å². The molecule has 1 aliphatic heterocycles. The molecule has 0 saturated carbocycles. The minimum absolute atomic E-state index is 0. The zero-order valence-corrected chi connectivity index (χ0v) is 16.3. The number of aryl methyl sites for hydroxylation is 1. The summed E-state index contributed by atoms with van der Waals surface area (Å²) in [5, 5.41) is 5.06. The smallest absolute Gasteiger partial charge is 0.257 e. The number of benzene rings is 1. The molecule has 1 amide bonds. The number of aromatic nitrogens is 2. The summed E-state index contributed by atoms with van der Waals surface area (Å²) in [6, 6.07) is 7.57. The van der Waals surface area contributed by atoms with Gasteiger partial charge < -0.3 is 10.6 Å². The number of amides is 1. The summed E-state index contributed by atoms with van der Waals surface area (Å²) in [7, 11) is 1.81. The normalized spacial score (nSPS) is 19.4. The number of carbonyl (C=O) groups excluding carboxylic acids is 1. The Hall–Kier alpha value is -1.56. The molecule has 2 aromatic rings. The van der Waals surface area contributed by atoms with Crippen LogP contribution in [0, 0.1) is 5.41 Å². The molecule has 1 unspecified atom stereocenters. The minimum atomic E-state index is -0.0966. The highest BCUT2D eigenvalue weighted by atomic mass is 35.5. The topological polar surface area (TPSA) is 64.2 Å². The number of hydrogen-bond acceptors (Lipinski definition) is 3. The average Bonchev–Trinajstić information content (AvgIpc) is 2.91. The molecule has 1 fully saturated rings. The molecule has 2 heterocycles. The summed E-state index contributed by atoms with van der Waals surface area (Å²) in [5.74, 6) is -0.0157. The van der Waals surface area contributed by atoms with Crippen molar-refractivity contribution in [3.05, 3.63) is 41.0 Å². The standard InChI is InChI=1S/C18H23ClN4O.ClH/c1-18(2)11-23(9-8-15(18)20)17(24)13-10-22(3)21-16(13)12-6-4-5-7-14(12)19;/h4-7,10,15H,8-9,11,20H2,1-3H3;1H. The van der Waals surface area contributed by atoms with Crippen molar-refractivity contribution in [3.63, 3.8) is 0 Å². The molecular weight excluding hydrogens is 359 g/mol. The number of nitrogens with two attached hydrogens (primary N) is 1. The minimum Gasteiger partial charge on any atom is -0.338 e. The van der Waals surface area contributed by atoms with E-state index >= 15 is 0 Å². The molecule has 7 heteroatoms. The number of nitrogens with zero attached hydrogens (tertiary/aromatic N) is 3. The summed E-state index contributed by atoms with van der Waals surface area (Å²) >= 11 is 6.30. The van der Waals surface area contributed by atoms with Crippen molar-refractivity contribution in [2.75, 3.05) is 13.1 Å². The van der Waals surface area contributed by atoms with Crippen LogP contribution in [0.1, 0.15) is 30.6 Å². The number of likely N-dealkylation sites (tertiary alicyclic amines) is 1. The van der Waals surface area contributed by atoms with Crippen LogP contribution in [-0.2, 0) is 7.05 Å². The molecule has 0 aliphatic carbocycles. The fourth-order valence-electron chi connectivity index (χ4n) is 3.21. The van der Waals surface area contributed by atoms with Crippen LogP contribution >= 0.6 is 24.0 Å². The van der Waals surface area contributed by atoms with Crippen molar-refractivity contribution in [1.82, 2.24) is 14.7 Å². The van der Waals surface area contributed by atoms with E-state index in [4.69, 9.17) is 17.3 Å². The monoisotopic (exact) mass is 382 g/mol. The van der Waals surface area contributed by atoms with Crippen molar-refractivity contribution in [2.45, 2.75) is 26.3 Å². The van der Waals surface area contributed by atoms with E-state index < -0.39 is 0 Å². The summed E-state index contributed by atoms with van der Waals surface area (Å²) in [6.45, 7) is 5.52. The Bertz CT molecular complexity index is 772. The summed E-state index contributed by atoms with van der Waals surface area (Å²) in [5.41, 5.74) is 8.07. The van der Waals surface area contributed by atoms with Crippen LogP contribution in [-0.4, -0.2) is 39.7 Å². The lowest BCUT2D eigenvalue weighted by Crippen LogP contribution is -2.54. The van der Waals surface area contributed by atoms with Gasteiger partial charge in [-0.1, -0.05) is 43.6 Å². The summed E-state index contributed by atoms with van der Waals surface area (Å²) in [6.07, 6.45) is 2.57. The van der Waals surface area contributed by atoms with Gasteiger partial charge in [-0.2, -0.15) is 5.10 Å². The number of rotatable bonds is 2. The van der Waals surface area contributed by atoms with Gasteiger partial charge in [0.2, 0.25) is 0 Å². The molecule has 3 rings (SSSR count). The second-order valence-electron chi connectivity index (χ2n) is 7.16. The van der Waals surface area contributed by atoms with E-state index in [1.165, 1.54) is 0 Å². The van der Waals surface area contributed by atoms with Crippen LogP contribution < -0.4 is 5.73 Å². The third kappa shape index (κ3) is 3.84. The first-order valence-electron chi connectivity index (χ1n) is 8.13. The van der Waals surface area contributed by atoms with E-state index in [9.17, 15) is 4.79 Å². The molecule has 0 bridgehead atoms. The van der Waals surface area contributed by atoms with Crippen molar-refractivity contribution < 1.29 is 4.79 Å². The Morgan fingerprint density at radius 2 is 2.04 bits per heavy atom. The number of carbonyl (C=O) groups is 1. The van der Waals surface area contributed by atoms with Gasteiger partial charge in [0.05, 0.1) is 10.6 Å².